The highest BCUT2D eigenvalue weighted by molar-refractivity contribution is 6.31. The lowest BCUT2D eigenvalue weighted by molar-refractivity contribution is 0.0989. The fraction of sp³-hybridized carbons (Fsp3) is 0.192. The van der Waals surface area contributed by atoms with Crippen LogP contribution in [0.25, 0.3) is 17.0 Å². The number of ether oxygens (including phenoxy) is 1. The number of hydrogen-bond donors (Lipinski definition) is 1. The van der Waals surface area contributed by atoms with Crippen LogP contribution in [0.15, 0.2) is 66.0 Å². The quantitative estimate of drug-likeness (QED) is 0.369. The van der Waals surface area contributed by atoms with Gasteiger partial charge in [0.15, 0.2) is 11.3 Å². The van der Waals surface area contributed by atoms with Gasteiger partial charge < -0.3 is 9.72 Å². The fourth-order valence-electron chi connectivity index (χ4n) is 4.26. The van der Waals surface area contributed by atoms with Crippen LogP contribution in [0.4, 0.5) is 5.69 Å². The molecule has 36 heavy (non-hydrogen) atoms. The number of pyridine rings is 2. The number of aromatic nitrogens is 6. The van der Waals surface area contributed by atoms with E-state index in [1.54, 1.807) is 36.4 Å². The molecular weight excluding hydrogens is 478 g/mol. The minimum atomic E-state index is -0.522. The van der Waals surface area contributed by atoms with Crippen molar-refractivity contribution < 1.29 is 9.53 Å². The lowest BCUT2D eigenvalue weighted by atomic mass is 10.0. The third-order valence-corrected chi connectivity index (χ3v) is 6.45. The number of methoxy groups -OCH3 is 1. The number of hydrogen-bond acceptors (Lipinski definition) is 6. The van der Waals surface area contributed by atoms with Gasteiger partial charge in [0.05, 0.1) is 18.5 Å². The Hall–Kier alpha value is -4.24. The summed E-state index contributed by atoms with van der Waals surface area (Å²) >= 11 is 6.20. The van der Waals surface area contributed by atoms with Crippen molar-refractivity contribution in [2.45, 2.75) is 26.8 Å². The molecule has 0 fully saturated rings. The van der Waals surface area contributed by atoms with E-state index in [2.05, 4.69) is 31.7 Å². The van der Waals surface area contributed by atoms with Gasteiger partial charge in [0.25, 0.3) is 5.91 Å². The summed E-state index contributed by atoms with van der Waals surface area (Å²) in [6.45, 7) is 9.93. The summed E-state index contributed by atoms with van der Waals surface area (Å²) in [6.07, 6.45) is 8.86. The van der Waals surface area contributed by atoms with Crippen LogP contribution in [-0.2, 0) is 0 Å². The number of halogens is 1. The van der Waals surface area contributed by atoms with Gasteiger partial charge in [0.1, 0.15) is 17.7 Å². The standard InChI is InChI=1S/C26H24ClN7O2/c1-6-18(27)9-7-14(2)23-21-22(30-24(29-21)17-8-10-20(36-5)28-12-17)26(35)34(23)19-11-15(3)25-32-31-16(4)33(25)13-19/h6-13,23H,2H2,1,3-5H3,(H,29,30)/b9-7-,18-6+/t23-/m1/s1. The van der Waals surface area contributed by atoms with E-state index >= 15 is 0 Å². The topological polar surface area (TPSA) is 101 Å². The number of carbonyl (C=O) groups is 1. The summed E-state index contributed by atoms with van der Waals surface area (Å²) in [5, 5.41) is 8.97. The number of nitrogens with zero attached hydrogens (tertiary/aromatic N) is 6. The van der Waals surface area contributed by atoms with Gasteiger partial charge in [0, 0.05) is 29.1 Å². The first-order valence-corrected chi connectivity index (χ1v) is 11.6. The Labute approximate surface area is 212 Å². The Morgan fingerprint density at radius 3 is 2.75 bits per heavy atom. The van der Waals surface area contributed by atoms with E-state index in [1.165, 1.54) is 0 Å². The first-order chi connectivity index (χ1) is 17.3. The van der Waals surface area contributed by atoms with Crippen molar-refractivity contribution in [2.75, 3.05) is 12.0 Å². The number of amides is 1. The van der Waals surface area contributed by atoms with E-state index in [0.29, 0.717) is 39.4 Å². The SMILES string of the molecule is C=C(/C=C\C(Cl)=C/C)[C@@H]1c2[nH]c(-c3ccc(OC)nc3)nc2C(=O)N1c1cc(C)c2nnc(C)n2c1. The zero-order valence-corrected chi connectivity index (χ0v) is 21.0. The number of allylic oxidation sites excluding steroid dienone is 3. The maximum absolute atomic E-state index is 13.8. The highest BCUT2D eigenvalue weighted by atomic mass is 35.5. The maximum atomic E-state index is 13.8. The van der Waals surface area contributed by atoms with E-state index in [0.717, 1.165) is 22.6 Å². The van der Waals surface area contributed by atoms with E-state index in [9.17, 15) is 4.79 Å². The first-order valence-electron chi connectivity index (χ1n) is 11.3. The van der Waals surface area contributed by atoms with Crippen molar-refractivity contribution in [3.8, 4) is 17.3 Å². The molecule has 1 amide bonds. The van der Waals surface area contributed by atoms with Crippen molar-refractivity contribution in [3.63, 3.8) is 0 Å². The number of aromatic amines is 1. The molecule has 1 N–H and O–H groups in total. The Morgan fingerprint density at radius 1 is 1.25 bits per heavy atom. The van der Waals surface area contributed by atoms with Gasteiger partial charge in [-0.25, -0.2) is 9.97 Å². The molecule has 0 unspecified atom stereocenters. The Balaban J connectivity index is 1.63. The van der Waals surface area contributed by atoms with E-state index in [4.69, 9.17) is 16.3 Å². The van der Waals surface area contributed by atoms with Crippen LogP contribution < -0.4 is 9.64 Å². The lowest BCUT2D eigenvalue weighted by Crippen LogP contribution is -2.29. The molecule has 5 heterocycles. The molecule has 0 bridgehead atoms. The number of imidazole rings is 1. The Bertz CT molecular complexity index is 1560. The molecule has 9 nitrogen and oxygen atoms in total. The molecule has 1 aliphatic rings. The first kappa shape index (κ1) is 23.5. The normalized spacial score (nSPS) is 15.8. The van der Waals surface area contributed by atoms with E-state index in [-0.39, 0.29) is 5.91 Å². The second-order valence-corrected chi connectivity index (χ2v) is 8.86. The molecule has 10 heteroatoms. The van der Waals surface area contributed by atoms with Crippen molar-refractivity contribution in [1.82, 2.24) is 29.5 Å². The molecule has 1 atom stereocenters. The van der Waals surface area contributed by atoms with E-state index in [1.807, 2.05) is 49.6 Å². The summed E-state index contributed by atoms with van der Waals surface area (Å²) in [6, 6.07) is 4.98. The summed E-state index contributed by atoms with van der Waals surface area (Å²) < 4.78 is 7.02. The number of fused-ring (bicyclic) bond motifs is 2. The maximum Gasteiger partial charge on any atom is 0.279 e. The zero-order chi connectivity index (χ0) is 25.6. The van der Waals surface area contributed by atoms with Gasteiger partial charge in [0.2, 0.25) is 5.88 Å². The highest BCUT2D eigenvalue weighted by Gasteiger charge is 2.42. The van der Waals surface area contributed by atoms with Crippen LogP contribution in [0.1, 0.15) is 40.5 Å². The molecule has 0 aromatic carbocycles. The molecule has 0 saturated heterocycles. The van der Waals surface area contributed by atoms with Gasteiger partial charge in [-0.15, -0.1) is 10.2 Å². The van der Waals surface area contributed by atoms with Crippen LogP contribution in [0, 0.1) is 13.8 Å². The number of aryl methyl sites for hydroxylation is 2. The van der Waals surface area contributed by atoms with Crippen LogP contribution in [0.3, 0.4) is 0 Å². The van der Waals surface area contributed by atoms with Gasteiger partial charge in [-0.3, -0.25) is 14.1 Å². The highest BCUT2D eigenvalue weighted by Crippen LogP contribution is 2.42. The number of nitrogens with one attached hydrogen (secondary N) is 1. The van der Waals surface area contributed by atoms with Crippen LogP contribution >= 0.6 is 11.6 Å². The molecule has 5 rings (SSSR count). The Kier molecular flexibility index (Phi) is 5.93. The predicted octanol–water partition coefficient (Wildman–Crippen LogP) is 5.10. The number of carbonyl (C=O) groups excluding carboxylic acids is 1. The third kappa shape index (κ3) is 3.87. The molecular formula is C26H24ClN7O2. The van der Waals surface area contributed by atoms with Crippen molar-refractivity contribution >= 4 is 28.8 Å². The second-order valence-electron chi connectivity index (χ2n) is 8.42. The molecule has 0 saturated carbocycles. The van der Waals surface area contributed by atoms with Crippen LogP contribution in [0.2, 0.25) is 0 Å². The van der Waals surface area contributed by atoms with E-state index < -0.39 is 6.04 Å². The fourth-order valence-corrected chi connectivity index (χ4v) is 4.32. The zero-order valence-electron chi connectivity index (χ0n) is 20.3. The molecule has 4 aromatic rings. The smallest absolute Gasteiger partial charge is 0.279 e. The molecule has 0 radical (unpaired) electrons. The van der Waals surface area contributed by atoms with Crippen LogP contribution in [0.5, 0.6) is 5.88 Å². The summed E-state index contributed by atoms with van der Waals surface area (Å²) in [4.78, 5) is 27.7. The largest absolute Gasteiger partial charge is 0.481 e. The number of anilines is 1. The second kappa shape index (κ2) is 9.09. The van der Waals surface area contributed by atoms with Crippen LogP contribution in [-0.4, -0.2) is 42.6 Å². The molecule has 0 aliphatic carbocycles. The summed E-state index contributed by atoms with van der Waals surface area (Å²) in [5.41, 5.74) is 4.70. The summed E-state index contributed by atoms with van der Waals surface area (Å²) in [7, 11) is 1.56. The van der Waals surface area contributed by atoms with Gasteiger partial charge in [-0.05, 0) is 50.1 Å². The van der Waals surface area contributed by atoms with Gasteiger partial charge in [-0.1, -0.05) is 30.3 Å². The predicted molar refractivity (Wildman–Crippen MR) is 138 cm³/mol. The molecule has 0 spiro atoms. The Morgan fingerprint density at radius 2 is 2.06 bits per heavy atom. The summed E-state index contributed by atoms with van der Waals surface area (Å²) in [5.74, 6) is 1.52. The molecule has 4 aromatic heterocycles. The third-order valence-electron chi connectivity index (χ3n) is 6.11. The minimum Gasteiger partial charge on any atom is -0.481 e. The number of H-pyrrole nitrogens is 1. The van der Waals surface area contributed by atoms with Gasteiger partial charge >= 0.3 is 0 Å². The number of rotatable bonds is 6. The van der Waals surface area contributed by atoms with Gasteiger partial charge in [-0.2, -0.15) is 0 Å². The average molecular weight is 502 g/mol. The lowest BCUT2D eigenvalue weighted by Gasteiger charge is -2.26. The molecule has 1 aliphatic heterocycles. The minimum absolute atomic E-state index is 0.241. The van der Waals surface area contributed by atoms with Crippen molar-refractivity contribution in [2.24, 2.45) is 0 Å². The van der Waals surface area contributed by atoms with Crippen molar-refractivity contribution in [3.05, 3.63) is 88.8 Å². The average Bonchev–Trinajstić information content (AvgIpc) is 3.56. The van der Waals surface area contributed by atoms with Crippen molar-refractivity contribution in [1.29, 1.82) is 0 Å². The molecule has 182 valence electrons. The monoisotopic (exact) mass is 501 g/mol.